The van der Waals surface area contributed by atoms with Crippen LogP contribution in [0.5, 0.6) is 0 Å². The molecule has 0 aliphatic rings. The molecule has 1 rings (SSSR count). The van der Waals surface area contributed by atoms with Gasteiger partial charge in [0.2, 0.25) is 0 Å². The molecule has 1 aromatic rings. The molecule has 0 fully saturated rings. The number of halogens is 3. The van der Waals surface area contributed by atoms with Gasteiger partial charge in [-0.3, -0.25) is 4.79 Å². The van der Waals surface area contributed by atoms with Crippen LogP contribution < -0.4 is 11.1 Å². The summed E-state index contributed by atoms with van der Waals surface area (Å²) in [5.74, 6) is -4.50. The molecule has 1 aromatic carbocycles. The lowest BCUT2D eigenvalue weighted by Gasteiger charge is -2.09. The van der Waals surface area contributed by atoms with Crippen LogP contribution in [-0.4, -0.2) is 18.5 Å². The summed E-state index contributed by atoms with van der Waals surface area (Å²) in [5, 5.41) is 2.23. The second-order valence-corrected chi connectivity index (χ2v) is 3.43. The molecule has 3 nitrogen and oxygen atoms in total. The van der Waals surface area contributed by atoms with Crippen LogP contribution in [0.1, 0.15) is 17.3 Å². The molecule has 0 aliphatic carbocycles. The van der Waals surface area contributed by atoms with Crippen molar-refractivity contribution in [2.75, 3.05) is 6.54 Å². The number of nitrogens with two attached hydrogens (primary N) is 1. The van der Waals surface area contributed by atoms with Crippen molar-refractivity contribution in [1.82, 2.24) is 5.32 Å². The van der Waals surface area contributed by atoms with Gasteiger partial charge < -0.3 is 11.1 Å². The first kappa shape index (κ1) is 12.5. The van der Waals surface area contributed by atoms with Crippen LogP contribution in [0, 0.1) is 17.5 Å². The third kappa shape index (κ3) is 2.96. The number of nitrogens with one attached hydrogen (secondary N) is 1. The van der Waals surface area contributed by atoms with E-state index in [9.17, 15) is 18.0 Å². The Morgan fingerprint density at radius 2 is 1.88 bits per heavy atom. The Hall–Kier alpha value is -1.56. The normalized spacial score (nSPS) is 12.3. The fraction of sp³-hybridized carbons (Fsp3) is 0.300. The number of rotatable bonds is 3. The number of benzene rings is 1. The molecule has 0 aliphatic heterocycles. The molecule has 0 aromatic heterocycles. The van der Waals surface area contributed by atoms with E-state index < -0.39 is 28.9 Å². The number of hydrogen-bond acceptors (Lipinski definition) is 2. The van der Waals surface area contributed by atoms with E-state index in [4.69, 9.17) is 5.73 Å². The van der Waals surface area contributed by atoms with E-state index in [0.717, 1.165) is 0 Å². The van der Waals surface area contributed by atoms with Crippen molar-refractivity contribution in [1.29, 1.82) is 0 Å². The summed E-state index contributed by atoms with van der Waals surface area (Å²) >= 11 is 0. The second kappa shape index (κ2) is 4.98. The molecule has 0 radical (unpaired) electrons. The first-order chi connectivity index (χ1) is 7.41. The number of hydrogen-bond donors (Lipinski definition) is 2. The maximum atomic E-state index is 13.1. The SMILES string of the molecule is CC(N)CNC(=O)c1c(F)cc(F)cc1F. The highest BCUT2D eigenvalue weighted by atomic mass is 19.1. The Kier molecular flexibility index (Phi) is 3.89. The molecule has 3 N–H and O–H groups in total. The average Bonchev–Trinajstić information content (AvgIpc) is 2.12. The maximum absolute atomic E-state index is 13.1. The number of carbonyl (C=O) groups is 1. The zero-order valence-electron chi connectivity index (χ0n) is 8.56. The van der Waals surface area contributed by atoms with E-state index in [-0.39, 0.29) is 12.6 Å². The molecule has 1 unspecified atom stereocenters. The summed E-state index contributed by atoms with van der Waals surface area (Å²) in [4.78, 5) is 11.3. The quantitative estimate of drug-likeness (QED) is 0.822. The first-order valence-corrected chi connectivity index (χ1v) is 4.60. The molecular formula is C10H11F3N2O. The lowest BCUT2D eigenvalue weighted by atomic mass is 10.1. The van der Waals surface area contributed by atoms with Crippen LogP contribution >= 0.6 is 0 Å². The van der Waals surface area contributed by atoms with Crippen LogP contribution in [0.3, 0.4) is 0 Å². The van der Waals surface area contributed by atoms with E-state index in [1.165, 1.54) is 0 Å². The summed E-state index contributed by atoms with van der Waals surface area (Å²) in [6, 6.07) is 0.559. The maximum Gasteiger partial charge on any atom is 0.257 e. The largest absolute Gasteiger partial charge is 0.350 e. The molecule has 0 heterocycles. The molecular weight excluding hydrogens is 221 g/mol. The van der Waals surface area contributed by atoms with Crippen LogP contribution in [0.15, 0.2) is 12.1 Å². The lowest BCUT2D eigenvalue weighted by Crippen LogP contribution is -2.36. The zero-order valence-corrected chi connectivity index (χ0v) is 8.56. The fourth-order valence-electron chi connectivity index (χ4n) is 1.10. The zero-order chi connectivity index (χ0) is 12.3. The Morgan fingerprint density at radius 1 is 1.38 bits per heavy atom. The van der Waals surface area contributed by atoms with Gasteiger partial charge in [0.05, 0.1) is 0 Å². The topological polar surface area (TPSA) is 55.1 Å². The van der Waals surface area contributed by atoms with Gasteiger partial charge >= 0.3 is 0 Å². The van der Waals surface area contributed by atoms with E-state index >= 15 is 0 Å². The van der Waals surface area contributed by atoms with Crippen molar-refractivity contribution >= 4 is 5.91 Å². The van der Waals surface area contributed by atoms with Crippen LogP contribution in [0.25, 0.3) is 0 Å². The van der Waals surface area contributed by atoms with Gasteiger partial charge in [-0.05, 0) is 6.92 Å². The van der Waals surface area contributed by atoms with Crippen molar-refractivity contribution in [3.05, 3.63) is 35.1 Å². The summed E-state index contributed by atoms with van der Waals surface area (Å²) < 4.78 is 38.8. The van der Waals surface area contributed by atoms with E-state index in [0.29, 0.717) is 12.1 Å². The molecule has 1 amide bonds. The summed E-state index contributed by atoms with van der Waals surface area (Å²) in [6.07, 6.45) is 0. The molecule has 0 saturated heterocycles. The van der Waals surface area contributed by atoms with Crippen molar-refractivity contribution in [2.45, 2.75) is 13.0 Å². The summed E-state index contributed by atoms with van der Waals surface area (Å²) in [5.41, 5.74) is 4.55. The van der Waals surface area contributed by atoms with E-state index in [2.05, 4.69) is 5.32 Å². The first-order valence-electron chi connectivity index (χ1n) is 4.60. The molecule has 0 bridgehead atoms. The molecule has 88 valence electrons. The minimum atomic E-state index is -1.24. The van der Waals surface area contributed by atoms with Gasteiger partial charge in [-0.1, -0.05) is 0 Å². The lowest BCUT2D eigenvalue weighted by molar-refractivity contribution is 0.0943. The molecule has 0 spiro atoms. The van der Waals surface area contributed by atoms with Crippen LogP contribution in [0.2, 0.25) is 0 Å². The summed E-state index contributed by atoms with van der Waals surface area (Å²) in [6.45, 7) is 1.70. The molecule has 6 heteroatoms. The van der Waals surface area contributed by atoms with E-state index in [1.54, 1.807) is 6.92 Å². The van der Waals surface area contributed by atoms with Gasteiger partial charge in [-0.25, -0.2) is 13.2 Å². The highest BCUT2D eigenvalue weighted by Crippen LogP contribution is 2.14. The fourth-order valence-corrected chi connectivity index (χ4v) is 1.10. The van der Waals surface area contributed by atoms with Gasteiger partial charge in [0.1, 0.15) is 23.0 Å². The van der Waals surface area contributed by atoms with E-state index in [1.807, 2.05) is 0 Å². The summed E-state index contributed by atoms with van der Waals surface area (Å²) in [7, 11) is 0. The second-order valence-electron chi connectivity index (χ2n) is 3.43. The number of carbonyl (C=O) groups excluding carboxylic acids is 1. The van der Waals surface area contributed by atoms with Gasteiger partial charge in [-0.2, -0.15) is 0 Å². The van der Waals surface area contributed by atoms with Gasteiger partial charge in [0, 0.05) is 24.7 Å². The highest BCUT2D eigenvalue weighted by Gasteiger charge is 2.18. The van der Waals surface area contributed by atoms with Crippen molar-refractivity contribution < 1.29 is 18.0 Å². The Labute approximate surface area is 90.4 Å². The Balaban J connectivity index is 2.91. The predicted molar refractivity (Wildman–Crippen MR) is 52.3 cm³/mol. The monoisotopic (exact) mass is 232 g/mol. The minimum absolute atomic E-state index is 0.0785. The molecule has 1 atom stereocenters. The average molecular weight is 232 g/mol. The van der Waals surface area contributed by atoms with Crippen molar-refractivity contribution in [3.63, 3.8) is 0 Å². The smallest absolute Gasteiger partial charge is 0.257 e. The van der Waals surface area contributed by atoms with Crippen LogP contribution in [0.4, 0.5) is 13.2 Å². The number of amides is 1. The van der Waals surface area contributed by atoms with Crippen molar-refractivity contribution in [2.24, 2.45) is 5.73 Å². The van der Waals surface area contributed by atoms with Gasteiger partial charge in [0.25, 0.3) is 5.91 Å². The van der Waals surface area contributed by atoms with Crippen molar-refractivity contribution in [3.8, 4) is 0 Å². The molecule has 0 saturated carbocycles. The third-order valence-corrected chi connectivity index (χ3v) is 1.82. The van der Waals surface area contributed by atoms with Gasteiger partial charge in [0.15, 0.2) is 0 Å². The third-order valence-electron chi connectivity index (χ3n) is 1.82. The minimum Gasteiger partial charge on any atom is -0.350 e. The highest BCUT2D eigenvalue weighted by molar-refractivity contribution is 5.94. The predicted octanol–water partition coefficient (Wildman–Crippen LogP) is 1.18. The standard InChI is InChI=1S/C10H11F3N2O/c1-5(14)4-15-10(16)9-7(12)2-6(11)3-8(9)13/h2-3,5H,4,14H2,1H3,(H,15,16). The van der Waals surface area contributed by atoms with Gasteiger partial charge in [-0.15, -0.1) is 0 Å². The Morgan fingerprint density at radius 3 is 2.31 bits per heavy atom. The van der Waals surface area contributed by atoms with Crippen LogP contribution in [-0.2, 0) is 0 Å². The Bertz CT molecular complexity index is 384. The molecule has 16 heavy (non-hydrogen) atoms.